The molecule has 4 heterocycles. The largest absolute Gasteiger partial charge is 0.328 e. The van der Waals surface area contributed by atoms with Gasteiger partial charge in [-0.05, 0) is 71.1 Å². The molecule has 11 heteroatoms. The first-order valence-corrected chi connectivity index (χ1v) is 14.7. The molecule has 10 nitrogen and oxygen atoms in total. The lowest BCUT2D eigenvalue weighted by Gasteiger charge is -2.36. The van der Waals surface area contributed by atoms with Gasteiger partial charge in [-0.25, -0.2) is 9.97 Å². The second kappa shape index (κ2) is 13.5. The molecule has 0 aliphatic heterocycles. The summed E-state index contributed by atoms with van der Waals surface area (Å²) < 4.78 is 6.71. The van der Waals surface area contributed by atoms with E-state index in [1.807, 2.05) is 29.9 Å². The third kappa shape index (κ3) is 8.94. The molecule has 0 radical (unpaired) electrons. The number of anilines is 2. The first-order valence-electron chi connectivity index (χ1n) is 13.9. The van der Waals surface area contributed by atoms with Crippen LogP contribution in [0.5, 0.6) is 0 Å². The Morgan fingerprint density at radius 3 is 2.45 bits per heavy atom. The number of aromatic amines is 1. The molecule has 218 valence electrons. The highest BCUT2D eigenvalue weighted by atomic mass is 32.1. The molecule has 0 saturated heterocycles. The van der Waals surface area contributed by atoms with Crippen LogP contribution in [0, 0.1) is 12.8 Å². The molecule has 40 heavy (non-hydrogen) atoms. The second-order valence-electron chi connectivity index (χ2n) is 11.7. The van der Waals surface area contributed by atoms with Crippen LogP contribution in [0.15, 0.2) is 30.9 Å². The van der Waals surface area contributed by atoms with Crippen molar-refractivity contribution in [2.45, 2.75) is 92.3 Å². The van der Waals surface area contributed by atoms with Crippen molar-refractivity contribution < 1.29 is 4.79 Å². The van der Waals surface area contributed by atoms with Crippen LogP contribution in [0.4, 0.5) is 10.8 Å². The highest BCUT2D eigenvalue weighted by Gasteiger charge is 2.24. The number of carbonyl (C=O) groups is 1. The molecule has 0 aromatic carbocycles. The number of fused-ring (bicyclic) bond motifs is 1. The lowest BCUT2D eigenvalue weighted by Crippen LogP contribution is -2.42. The predicted octanol–water partition coefficient (Wildman–Crippen LogP) is 5.98. The number of rotatable bonds is 9. The number of nitrogens with two attached hydrogens (primary N) is 1. The van der Waals surface area contributed by atoms with Crippen molar-refractivity contribution in [3.8, 4) is 11.3 Å². The number of carbonyl (C=O) groups excluding carboxylic acids is 1. The molecule has 0 bridgehead atoms. The number of imidazole rings is 1. The summed E-state index contributed by atoms with van der Waals surface area (Å²) >= 11 is 1.45. The molecule has 4 aromatic rings. The maximum absolute atomic E-state index is 9.70. The zero-order valence-electron chi connectivity index (χ0n) is 25.2. The summed E-state index contributed by atoms with van der Waals surface area (Å²) in [6.45, 7) is 18.4. The smallest absolute Gasteiger partial charge is 0.180 e. The van der Waals surface area contributed by atoms with Crippen LogP contribution in [0.1, 0.15) is 79.1 Å². The quantitative estimate of drug-likeness (QED) is 0.211. The number of hydrogen-bond acceptors (Lipinski definition) is 9. The van der Waals surface area contributed by atoms with E-state index < -0.39 is 5.54 Å². The summed E-state index contributed by atoms with van der Waals surface area (Å²) in [6, 6.07) is 2.11. The van der Waals surface area contributed by atoms with Gasteiger partial charge >= 0.3 is 0 Å². The minimum absolute atomic E-state index is 0.148. The minimum Gasteiger partial charge on any atom is -0.328 e. The van der Waals surface area contributed by atoms with Crippen LogP contribution < -0.4 is 11.1 Å². The fraction of sp³-hybridized carbons (Fsp3) is 0.552. The molecular weight excluding hydrogens is 522 g/mol. The zero-order valence-corrected chi connectivity index (χ0v) is 26.0. The summed E-state index contributed by atoms with van der Waals surface area (Å²) in [4.78, 5) is 21.4. The van der Waals surface area contributed by atoms with E-state index in [2.05, 4.69) is 75.4 Å². The van der Waals surface area contributed by atoms with Gasteiger partial charge in [-0.15, -0.1) is 0 Å². The lowest BCUT2D eigenvalue weighted by molar-refractivity contribution is -0.111. The topological polar surface area (TPSA) is 130 Å². The van der Waals surface area contributed by atoms with Gasteiger partial charge in [0, 0.05) is 30.0 Å². The Kier molecular flexibility index (Phi) is 10.6. The number of nitrogens with zero attached hydrogens (tertiary/aromatic N) is 6. The first-order chi connectivity index (χ1) is 18.9. The monoisotopic (exact) mass is 567 g/mol. The van der Waals surface area contributed by atoms with E-state index in [4.69, 9.17) is 5.73 Å². The van der Waals surface area contributed by atoms with Crippen molar-refractivity contribution in [1.29, 1.82) is 0 Å². The number of aldehydes is 1. The summed E-state index contributed by atoms with van der Waals surface area (Å²) in [5.74, 6) is 1.81. The number of nitrogens with one attached hydrogen (secondary N) is 2. The van der Waals surface area contributed by atoms with E-state index in [-0.39, 0.29) is 5.54 Å². The van der Waals surface area contributed by atoms with Gasteiger partial charge in [-0.2, -0.15) is 9.47 Å². The number of H-pyrrole nitrogens is 1. The summed E-state index contributed by atoms with van der Waals surface area (Å²) in [5.41, 5.74) is 9.37. The Labute approximate surface area is 242 Å². The molecule has 0 unspecified atom stereocenters. The van der Waals surface area contributed by atoms with Crippen LogP contribution in [0.25, 0.3) is 16.9 Å². The molecule has 0 spiro atoms. The highest BCUT2D eigenvalue weighted by Crippen LogP contribution is 2.29. The summed E-state index contributed by atoms with van der Waals surface area (Å²) in [5, 5.41) is 11.3. The molecule has 4 aromatic heterocycles. The minimum atomic E-state index is -0.639. The van der Waals surface area contributed by atoms with E-state index in [9.17, 15) is 4.79 Å². The third-order valence-electron chi connectivity index (χ3n) is 6.83. The van der Waals surface area contributed by atoms with Crippen molar-refractivity contribution >= 4 is 34.3 Å². The van der Waals surface area contributed by atoms with E-state index >= 15 is 0 Å². The summed E-state index contributed by atoms with van der Waals surface area (Å²) in [7, 11) is 0. The molecule has 1 aliphatic carbocycles. The second-order valence-corrected chi connectivity index (χ2v) is 12.5. The van der Waals surface area contributed by atoms with E-state index in [1.165, 1.54) is 24.4 Å². The van der Waals surface area contributed by atoms with Crippen molar-refractivity contribution in [2.75, 3.05) is 11.9 Å². The van der Waals surface area contributed by atoms with E-state index in [0.717, 1.165) is 64.5 Å². The molecular formula is C29H45N9OS. The summed E-state index contributed by atoms with van der Waals surface area (Å²) in [6.07, 6.45) is 12.3. The van der Waals surface area contributed by atoms with Crippen LogP contribution in [-0.4, -0.2) is 57.7 Å². The molecule has 1 aliphatic rings. The Hall–Kier alpha value is -3.15. The number of aryl methyl sites for hydroxylation is 1. The van der Waals surface area contributed by atoms with Gasteiger partial charge < -0.3 is 15.8 Å². The average molecular weight is 568 g/mol. The van der Waals surface area contributed by atoms with Gasteiger partial charge in [0.2, 0.25) is 0 Å². The first kappa shape index (κ1) is 31.4. The van der Waals surface area contributed by atoms with Crippen LogP contribution in [-0.2, 0) is 11.3 Å². The standard InChI is InChI=1S/C21H28N8S.C4H9NO.C4H8/c1-6-21(4,5)28(7-2)13-16-8-18(30-27-16)26-19-20-22-11-17(15-9-23-24-10-15)29(20)12-14(3)25-19;1-4(2,5)3-6;1-4-2-3-4/h8-12H,6-7,13H2,1-5H3,(H,23,24)(H,25,26);3H,5H2,1-2H3;4H,2-3H2,1H3. The van der Waals surface area contributed by atoms with Gasteiger partial charge in [0.1, 0.15) is 11.3 Å². The van der Waals surface area contributed by atoms with E-state index in [1.54, 1.807) is 20.0 Å². The Morgan fingerprint density at radius 2 is 1.93 bits per heavy atom. The molecule has 5 rings (SSSR count). The molecule has 0 amide bonds. The zero-order chi connectivity index (χ0) is 29.5. The number of hydrogen-bond donors (Lipinski definition) is 3. The fourth-order valence-corrected chi connectivity index (χ4v) is 4.36. The Bertz CT molecular complexity index is 1350. The third-order valence-corrected chi connectivity index (χ3v) is 7.58. The SMILES string of the molecule is CC(C)(N)C=O.CC1CC1.CCN(Cc1cc(Nc2nc(C)cn3c(-c4cn[nH]c4)cnc23)sn1)C(C)(C)CC. The average Bonchev–Trinajstić information content (AvgIpc) is 3.29. The van der Waals surface area contributed by atoms with Crippen LogP contribution in [0.3, 0.4) is 0 Å². The normalized spacial score (nSPS) is 13.4. The van der Waals surface area contributed by atoms with Crippen LogP contribution in [0.2, 0.25) is 0 Å². The van der Waals surface area contributed by atoms with Gasteiger partial charge in [-0.3, -0.25) is 14.4 Å². The highest BCUT2D eigenvalue weighted by molar-refractivity contribution is 7.10. The predicted molar refractivity (Wildman–Crippen MR) is 164 cm³/mol. The Balaban J connectivity index is 0.000000374. The van der Waals surface area contributed by atoms with Crippen LogP contribution >= 0.6 is 11.5 Å². The van der Waals surface area contributed by atoms with Gasteiger partial charge in [0.15, 0.2) is 11.5 Å². The number of aromatic nitrogens is 6. The van der Waals surface area contributed by atoms with Gasteiger partial charge in [0.25, 0.3) is 0 Å². The van der Waals surface area contributed by atoms with Gasteiger partial charge in [0.05, 0.1) is 35.0 Å². The van der Waals surface area contributed by atoms with E-state index in [0.29, 0.717) is 6.29 Å². The van der Waals surface area contributed by atoms with Crippen molar-refractivity contribution in [3.05, 3.63) is 42.2 Å². The van der Waals surface area contributed by atoms with Crippen molar-refractivity contribution in [3.63, 3.8) is 0 Å². The fourth-order valence-electron chi connectivity index (χ4n) is 3.70. The maximum Gasteiger partial charge on any atom is 0.180 e. The van der Waals surface area contributed by atoms with Gasteiger partial charge in [-0.1, -0.05) is 33.6 Å². The molecule has 1 fully saturated rings. The molecule has 1 saturated carbocycles. The molecule has 4 N–H and O–H groups in total. The lowest BCUT2D eigenvalue weighted by atomic mass is 9.99. The maximum atomic E-state index is 9.70. The van der Waals surface area contributed by atoms with Crippen molar-refractivity contribution in [2.24, 2.45) is 11.7 Å². The van der Waals surface area contributed by atoms with Crippen molar-refractivity contribution in [1.82, 2.24) is 33.8 Å². The molecule has 0 atom stereocenters. The Morgan fingerprint density at radius 1 is 1.25 bits per heavy atom.